The predicted octanol–water partition coefficient (Wildman–Crippen LogP) is 4.04. The second-order valence-electron chi connectivity index (χ2n) is 5.27. The van der Waals surface area contributed by atoms with E-state index in [-0.39, 0.29) is 11.2 Å². The molecule has 1 saturated heterocycles. The highest BCUT2D eigenvalue weighted by molar-refractivity contribution is 6.20. The molecule has 20 heavy (non-hydrogen) atoms. The van der Waals surface area contributed by atoms with Crippen LogP contribution in [0.15, 0.2) is 18.2 Å². The molecule has 0 radical (unpaired) electrons. The lowest BCUT2D eigenvalue weighted by Crippen LogP contribution is -2.12. The van der Waals surface area contributed by atoms with E-state index in [1.54, 1.807) is 6.07 Å². The molecule has 5 heteroatoms. The molecule has 0 saturated carbocycles. The van der Waals surface area contributed by atoms with E-state index in [1.807, 2.05) is 17.6 Å². The maximum absolute atomic E-state index is 13.8. The Morgan fingerprint density at radius 3 is 3.10 bits per heavy atom. The Kier molecular flexibility index (Phi) is 3.94. The highest BCUT2D eigenvalue weighted by Gasteiger charge is 2.20. The third kappa shape index (κ3) is 2.54. The summed E-state index contributed by atoms with van der Waals surface area (Å²) in [6, 6.07) is 5.04. The minimum Gasteiger partial charge on any atom is -0.378 e. The predicted molar refractivity (Wildman–Crippen MR) is 77.6 cm³/mol. The van der Waals surface area contributed by atoms with Crippen molar-refractivity contribution in [2.24, 2.45) is 0 Å². The first-order chi connectivity index (χ1) is 9.66. The molecular formula is C15H18ClFN2O. The molecule has 1 aliphatic heterocycles. The summed E-state index contributed by atoms with van der Waals surface area (Å²) < 4.78 is 21.5. The fraction of sp³-hybridized carbons (Fsp3) is 0.533. The molecule has 1 aromatic carbocycles. The summed E-state index contributed by atoms with van der Waals surface area (Å²) >= 11 is 6.19. The summed E-state index contributed by atoms with van der Waals surface area (Å²) in [6.07, 6.45) is 3.45. The molecule has 0 bridgehead atoms. The Hall–Kier alpha value is -1.13. The SMILES string of the molecule is CC(Cl)c1nc2c(F)cccc2n1CCC1CCCO1. The monoisotopic (exact) mass is 296 g/mol. The summed E-state index contributed by atoms with van der Waals surface area (Å²) in [6.45, 7) is 3.48. The quantitative estimate of drug-likeness (QED) is 0.796. The highest BCUT2D eigenvalue weighted by atomic mass is 35.5. The van der Waals surface area contributed by atoms with Gasteiger partial charge in [-0.2, -0.15) is 0 Å². The number of nitrogens with zero attached hydrogens (tertiary/aromatic N) is 2. The average Bonchev–Trinajstić information content (AvgIpc) is 3.03. The molecule has 1 fully saturated rings. The fourth-order valence-corrected chi connectivity index (χ4v) is 2.98. The van der Waals surface area contributed by atoms with Gasteiger partial charge in [-0.05, 0) is 38.3 Å². The lowest BCUT2D eigenvalue weighted by atomic mass is 10.2. The molecule has 3 rings (SSSR count). The van der Waals surface area contributed by atoms with Gasteiger partial charge in [-0.15, -0.1) is 11.6 Å². The lowest BCUT2D eigenvalue weighted by molar-refractivity contribution is 0.100. The van der Waals surface area contributed by atoms with Crippen LogP contribution in [0.2, 0.25) is 0 Å². The molecule has 2 atom stereocenters. The molecule has 0 amide bonds. The van der Waals surface area contributed by atoms with Gasteiger partial charge in [0.25, 0.3) is 0 Å². The standard InChI is InChI=1S/C15H18ClFN2O/c1-10(16)15-18-14-12(17)5-2-6-13(14)19(15)8-7-11-4-3-9-20-11/h2,5-6,10-11H,3-4,7-9H2,1H3. The minimum atomic E-state index is -0.295. The molecule has 0 N–H and O–H groups in total. The third-order valence-corrected chi connectivity index (χ3v) is 4.01. The average molecular weight is 297 g/mol. The summed E-state index contributed by atoms with van der Waals surface area (Å²) in [5.74, 6) is 0.432. The molecule has 2 unspecified atom stereocenters. The summed E-state index contributed by atoms with van der Waals surface area (Å²) in [5, 5.41) is -0.244. The van der Waals surface area contributed by atoms with Gasteiger partial charge in [0.05, 0.1) is 17.0 Å². The van der Waals surface area contributed by atoms with Gasteiger partial charge in [0, 0.05) is 13.2 Å². The zero-order valence-electron chi connectivity index (χ0n) is 11.5. The van der Waals surface area contributed by atoms with Crippen molar-refractivity contribution in [3.05, 3.63) is 29.8 Å². The molecule has 0 spiro atoms. The Morgan fingerprint density at radius 2 is 2.40 bits per heavy atom. The van der Waals surface area contributed by atoms with Gasteiger partial charge in [0.2, 0.25) is 0 Å². The van der Waals surface area contributed by atoms with Gasteiger partial charge in [-0.3, -0.25) is 0 Å². The van der Waals surface area contributed by atoms with E-state index in [0.29, 0.717) is 11.6 Å². The molecule has 108 valence electrons. The van der Waals surface area contributed by atoms with Gasteiger partial charge >= 0.3 is 0 Å². The van der Waals surface area contributed by atoms with Gasteiger partial charge in [-0.1, -0.05) is 6.07 Å². The van der Waals surface area contributed by atoms with Crippen LogP contribution in [0.25, 0.3) is 11.0 Å². The Labute approximate surface area is 122 Å². The van der Waals surface area contributed by atoms with Gasteiger partial charge in [-0.25, -0.2) is 9.37 Å². The van der Waals surface area contributed by atoms with Gasteiger partial charge in [0.15, 0.2) is 5.82 Å². The lowest BCUT2D eigenvalue weighted by Gasteiger charge is -2.13. The van der Waals surface area contributed by atoms with Crippen LogP contribution in [0.5, 0.6) is 0 Å². The topological polar surface area (TPSA) is 27.1 Å². The van der Waals surface area contributed by atoms with Crippen molar-refractivity contribution in [1.29, 1.82) is 0 Å². The second kappa shape index (κ2) is 5.70. The van der Waals surface area contributed by atoms with E-state index in [0.717, 1.165) is 43.8 Å². The number of alkyl halides is 1. The number of hydrogen-bond donors (Lipinski definition) is 0. The van der Waals surface area contributed by atoms with Crippen LogP contribution in [0.3, 0.4) is 0 Å². The number of halogens is 2. The van der Waals surface area contributed by atoms with Crippen molar-refractivity contribution in [1.82, 2.24) is 9.55 Å². The number of ether oxygens (including phenoxy) is 1. The first kappa shape index (κ1) is 13.8. The molecular weight excluding hydrogens is 279 g/mol. The van der Waals surface area contributed by atoms with Crippen LogP contribution < -0.4 is 0 Å². The number of hydrogen-bond acceptors (Lipinski definition) is 2. The molecule has 2 aromatic rings. The molecule has 0 aliphatic carbocycles. The minimum absolute atomic E-state index is 0.244. The summed E-state index contributed by atoms with van der Waals surface area (Å²) in [4.78, 5) is 4.37. The first-order valence-electron chi connectivity index (χ1n) is 7.07. The zero-order chi connectivity index (χ0) is 14.1. The molecule has 1 aliphatic rings. The number of benzene rings is 1. The molecule has 1 aromatic heterocycles. The van der Waals surface area contributed by atoms with Crippen LogP contribution in [-0.4, -0.2) is 22.3 Å². The van der Waals surface area contributed by atoms with Crippen molar-refractivity contribution in [3.8, 4) is 0 Å². The number of aryl methyl sites for hydroxylation is 1. The summed E-state index contributed by atoms with van der Waals surface area (Å²) in [7, 11) is 0. The van der Waals surface area contributed by atoms with E-state index in [1.165, 1.54) is 6.07 Å². The number of para-hydroxylation sites is 1. The van der Waals surface area contributed by atoms with E-state index in [9.17, 15) is 4.39 Å². The number of rotatable bonds is 4. The Balaban J connectivity index is 1.94. The second-order valence-corrected chi connectivity index (χ2v) is 5.92. The van der Waals surface area contributed by atoms with E-state index >= 15 is 0 Å². The summed E-state index contributed by atoms with van der Waals surface area (Å²) in [5.41, 5.74) is 1.22. The van der Waals surface area contributed by atoms with Crippen LogP contribution >= 0.6 is 11.6 Å². The van der Waals surface area contributed by atoms with Crippen molar-refractivity contribution in [3.63, 3.8) is 0 Å². The van der Waals surface area contributed by atoms with E-state index in [4.69, 9.17) is 16.3 Å². The third-order valence-electron chi connectivity index (χ3n) is 3.81. The van der Waals surface area contributed by atoms with Crippen LogP contribution in [0, 0.1) is 5.82 Å². The van der Waals surface area contributed by atoms with Crippen LogP contribution in [0.4, 0.5) is 4.39 Å². The Morgan fingerprint density at radius 1 is 1.55 bits per heavy atom. The first-order valence-corrected chi connectivity index (χ1v) is 7.51. The molecule has 2 heterocycles. The zero-order valence-corrected chi connectivity index (χ0v) is 12.2. The number of imidazole rings is 1. The van der Waals surface area contributed by atoms with Crippen LogP contribution in [-0.2, 0) is 11.3 Å². The number of aromatic nitrogens is 2. The van der Waals surface area contributed by atoms with Crippen molar-refractivity contribution in [2.45, 2.75) is 44.2 Å². The highest BCUT2D eigenvalue weighted by Crippen LogP contribution is 2.27. The maximum atomic E-state index is 13.8. The van der Waals surface area contributed by atoms with Crippen molar-refractivity contribution in [2.75, 3.05) is 6.61 Å². The van der Waals surface area contributed by atoms with Crippen LogP contribution in [0.1, 0.15) is 37.4 Å². The van der Waals surface area contributed by atoms with E-state index < -0.39 is 0 Å². The largest absolute Gasteiger partial charge is 0.378 e. The van der Waals surface area contributed by atoms with Crippen molar-refractivity contribution < 1.29 is 9.13 Å². The fourth-order valence-electron chi connectivity index (χ4n) is 2.81. The Bertz CT molecular complexity index is 605. The van der Waals surface area contributed by atoms with Crippen molar-refractivity contribution >= 4 is 22.6 Å². The maximum Gasteiger partial charge on any atom is 0.151 e. The molecule has 3 nitrogen and oxygen atoms in total. The van der Waals surface area contributed by atoms with Gasteiger partial charge < -0.3 is 9.30 Å². The van der Waals surface area contributed by atoms with Gasteiger partial charge in [0.1, 0.15) is 11.3 Å². The van der Waals surface area contributed by atoms with E-state index in [2.05, 4.69) is 4.98 Å². The normalized spacial score (nSPS) is 20.6. The smallest absolute Gasteiger partial charge is 0.151 e. The number of fused-ring (bicyclic) bond motifs is 1.